The van der Waals surface area contributed by atoms with Crippen molar-refractivity contribution in [2.75, 3.05) is 13.1 Å². The summed E-state index contributed by atoms with van der Waals surface area (Å²) < 4.78 is 0. The van der Waals surface area contributed by atoms with Crippen LogP contribution in [0.2, 0.25) is 5.02 Å². The molecule has 1 nitrogen and oxygen atoms in total. The van der Waals surface area contributed by atoms with Crippen LogP contribution >= 0.6 is 22.9 Å². The molecular weight excluding hydrogens is 226 g/mol. The lowest BCUT2D eigenvalue weighted by atomic mass is 10.0. The summed E-state index contributed by atoms with van der Waals surface area (Å²) in [6.07, 6.45) is 3.63. The summed E-state index contributed by atoms with van der Waals surface area (Å²) in [5.74, 6) is 0.780. The maximum Gasteiger partial charge on any atom is 0.0544 e. The molecule has 15 heavy (non-hydrogen) atoms. The van der Waals surface area contributed by atoms with Crippen LogP contribution in [0, 0.1) is 5.92 Å². The maximum absolute atomic E-state index is 6.05. The van der Waals surface area contributed by atoms with Gasteiger partial charge in [-0.2, -0.15) is 0 Å². The lowest BCUT2D eigenvalue weighted by Gasteiger charge is -2.10. The fraction of sp³-hybridized carbons (Fsp3) is 0.667. The molecule has 0 spiro atoms. The molecule has 0 aliphatic heterocycles. The van der Waals surface area contributed by atoms with Gasteiger partial charge in [-0.05, 0) is 49.7 Å². The quantitative estimate of drug-likeness (QED) is 0.717. The lowest BCUT2D eigenvalue weighted by molar-refractivity contribution is 0.476. The third-order valence-electron chi connectivity index (χ3n) is 2.62. The highest BCUT2D eigenvalue weighted by Crippen LogP contribution is 2.25. The van der Waals surface area contributed by atoms with E-state index in [-0.39, 0.29) is 0 Å². The molecule has 0 fully saturated rings. The van der Waals surface area contributed by atoms with Crippen molar-refractivity contribution in [1.82, 2.24) is 5.32 Å². The van der Waals surface area contributed by atoms with E-state index in [9.17, 15) is 0 Å². The Bertz CT molecular complexity index is 272. The predicted octanol–water partition coefficient (Wildman–Crippen LogP) is 3.97. The fourth-order valence-corrected chi connectivity index (χ4v) is 2.70. The minimum Gasteiger partial charge on any atom is -0.317 e. The summed E-state index contributed by atoms with van der Waals surface area (Å²) in [5.41, 5.74) is 0. The first-order chi connectivity index (χ1) is 7.24. The van der Waals surface area contributed by atoms with Gasteiger partial charge in [0.1, 0.15) is 0 Å². The molecule has 1 aromatic heterocycles. The van der Waals surface area contributed by atoms with Gasteiger partial charge in [0.15, 0.2) is 0 Å². The molecule has 1 rings (SSSR count). The Morgan fingerprint density at radius 1 is 1.47 bits per heavy atom. The number of aryl methyl sites for hydroxylation is 1. The first kappa shape index (κ1) is 13.0. The molecule has 0 saturated carbocycles. The predicted molar refractivity (Wildman–Crippen MR) is 70.0 cm³/mol. The van der Waals surface area contributed by atoms with E-state index >= 15 is 0 Å². The van der Waals surface area contributed by atoms with E-state index in [4.69, 9.17) is 11.6 Å². The Morgan fingerprint density at radius 2 is 2.27 bits per heavy atom. The average molecular weight is 246 g/mol. The Hall–Kier alpha value is -0.0500. The minimum absolute atomic E-state index is 0.780. The number of nitrogens with one attached hydrogen (secondary N) is 1. The number of rotatable bonds is 7. The molecule has 0 aliphatic carbocycles. The van der Waals surface area contributed by atoms with Crippen LogP contribution in [0.25, 0.3) is 0 Å². The van der Waals surface area contributed by atoms with Gasteiger partial charge in [-0.1, -0.05) is 25.4 Å². The second-order valence-corrected chi connectivity index (χ2v) is 5.39. The Balaban J connectivity index is 2.16. The summed E-state index contributed by atoms with van der Waals surface area (Å²) in [5, 5.41) is 6.37. The highest BCUT2D eigenvalue weighted by molar-refractivity contribution is 7.10. The summed E-state index contributed by atoms with van der Waals surface area (Å²) in [6.45, 7) is 6.67. The largest absolute Gasteiger partial charge is 0.317 e. The second kappa shape index (κ2) is 7.26. The molecule has 1 N–H and O–H groups in total. The second-order valence-electron chi connectivity index (χ2n) is 3.98. The SMILES string of the molecule is CCNCCC(C)CCc1sccc1Cl. The van der Waals surface area contributed by atoms with Crippen LogP contribution < -0.4 is 5.32 Å². The Labute approximate surface area is 102 Å². The van der Waals surface area contributed by atoms with E-state index in [1.54, 1.807) is 11.3 Å². The Kier molecular flexibility index (Phi) is 6.30. The van der Waals surface area contributed by atoms with Crippen LogP contribution in [0.3, 0.4) is 0 Å². The van der Waals surface area contributed by atoms with Gasteiger partial charge in [0.2, 0.25) is 0 Å². The van der Waals surface area contributed by atoms with E-state index in [2.05, 4.69) is 24.5 Å². The van der Waals surface area contributed by atoms with Crippen molar-refractivity contribution in [3.05, 3.63) is 21.3 Å². The molecule has 1 aromatic rings. The maximum atomic E-state index is 6.05. The van der Waals surface area contributed by atoms with Crippen LogP contribution in [-0.2, 0) is 6.42 Å². The standard InChI is InChI=1S/C12H20ClNS/c1-3-14-8-6-10(2)4-5-12-11(13)7-9-15-12/h7,9-10,14H,3-6,8H2,1-2H3. The van der Waals surface area contributed by atoms with Gasteiger partial charge in [0, 0.05) is 4.88 Å². The average Bonchev–Trinajstić information content (AvgIpc) is 2.61. The van der Waals surface area contributed by atoms with Gasteiger partial charge in [-0.15, -0.1) is 11.3 Å². The normalized spacial score (nSPS) is 13.0. The van der Waals surface area contributed by atoms with Crippen LogP contribution in [0.1, 0.15) is 31.6 Å². The van der Waals surface area contributed by atoms with Crippen molar-refractivity contribution >= 4 is 22.9 Å². The molecule has 0 bridgehead atoms. The van der Waals surface area contributed by atoms with Crippen molar-refractivity contribution in [2.45, 2.75) is 33.1 Å². The number of hydrogen-bond donors (Lipinski definition) is 1. The van der Waals surface area contributed by atoms with Crippen LogP contribution in [0.5, 0.6) is 0 Å². The van der Waals surface area contributed by atoms with Crippen LogP contribution in [-0.4, -0.2) is 13.1 Å². The zero-order valence-corrected chi connectivity index (χ0v) is 11.1. The van der Waals surface area contributed by atoms with Gasteiger partial charge >= 0.3 is 0 Å². The van der Waals surface area contributed by atoms with Crippen molar-refractivity contribution in [2.24, 2.45) is 5.92 Å². The van der Waals surface area contributed by atoms with Gasteiger partial charge in [-0.25, -0.2) is 0 Å². The van der Waals surface area contributed by atoms with Gasteiger partial charge < -0.3 is 5.32 Å². The number of thiophene rings is 1. The van der Waals surface area contributed by atoms with E-state index in [0.29, 0.717) is 0 Å². The molecular formula is C12H20ClNS. The number of halogens is 1. The minimum atomic E-state index is 0.780. The molecule has 3 heteroatoms. The summed E-state index contributed by atoms with van der Waals surface area (Å²) in [4.78, 5) is 1.34. The van der Waals surface area contributed by atoms with E-state index in [1.165, 1.54) is 17.7 Å². The number of hydrogen-bond acceptors (Lipinski definition) is 2. The molecule has 0 radical (unpaired) electrons. The van der Waals surface area contributed by atoms with Crippen molar-refractivity contribution < 1.29 is 0 Å². The third-order valence-corrected chi connectivity index (χ3v) is 4.07. The lowest BCUT2D eigenvalue weighted by Crippen LogP contribution is -2.16. The zero-order valence-electron chi connectivity index (χ0n) is 9.55. The summed E-state index contributed by atoms with van der Waals surface area (Å²) >= 11 is 7.82. The van der Waals surface area contributed by atoms with Crippen LogP contribution in [0.4, 0.5) is 0 Å². The molecule has 1 heterocycles. The topological polar surface area (TPSA) is 12.0 Å². The Morgan fingerprint density at radius 3 is 2.87 bits per heavy atom. The third kappa shape index (κ3) is 5.01. The molecule has 1 unspecified atom stereocenters. The molecule has 0 amide bonds. The zero-order chi connectivity index (χ0) is 11.1. The molecule has 0 aliphatic rings. The molecule has 0 saturated heterocycles. The van der Waals surface area contributed by atoms with Crippen molar-refractivity contribution in [3.63, 3.8) is 0 Å². The van der Waals surface area contributed by atoms with E-state index < -0.39 is 0 Å². The van der Waals surface area contributed by atoms with Crippen LogP contribution in [0.15, 0.2) is 11.4 Å². The molecule has 86 valence electrons. The first-order valence-corrected chi connectivity index (χ1v) is 6.92. The van der Waals surface area contributed by atoms with Gasteiger partial charge in [0.25, 0.3) is 0 Å². The highest BCUT2D eigenvalue weighted by atomic mass is 35.5. The van der Waals surface area contributed by atoms with Crippen molar-refractivity contribution in [3.8, 4) is 0 Å². The highest BCUT2D eigenvalue weighted by Gasteiger charge is 2.05. The summed E-state index contributed by atoms with van der Waals surface area (Å²) in [7, 11) is 0. The van der Waals surface area contributed by atoms with Crippen molar-refractivity contribution in [1.29, 1.82) is 0 Å². The molecule has 1 atom stereocenters. The van der Waals surface area contributed by atoms with Gasteiger partial charge in [-0.3, -0.25) is 0 Å². The molecule has 0 aromatic carbocycles. The van der Waals surface area contributed by atoms with Gasteiger partial charge in [0.05, 0.1) is 5.02 Å². The first-order valence-electron chi connectivity index (χ1n) is 5.66. The fourth-order valence-electron chi connectivity index (χ4n) is 1.55. The van der Waals surface area contributed by atoms with E-state index in [0.717, 1.165) is 30.5 Å². The summed E-state index contributed by atoms with van der Waals surface area (Å²) in [6, 6.07) is 1.99. The monoisotopic (exact) mass is 245 g/mol. The van der Waals surface area contributed by atoms with E-state index in [1.807, 2.05) is 6.07 Å². The smallest absolute Gasteiger partial charge is 0.0544 e.